The molecule has 0 fully saturated rings. The van der Waals surface area contributed by atoms with Crippen LogP contribution in [0, 0.1) is 0 Å². The van der Waals surface area contributed by atoms with Crippen LogP contribution in [0.2, 0.25) is 0 Å². The first-order valence-electron chi connectivity index (χ1n) is 6.11. The first-order valence-corrected chi connectivity index (χ1v) is 6.11. The van der Waals surface area contributed by atoms with E-state index in [2.05, 4.69) is 46.5 Å². The zero-order valence-electron chi connectivity index (χ0n) is 11.0. The van der Waals surface area contributed by atoms with Gasteiger partial charge in [-0.3, -0.25) is 9.89 Å². The predicted molar refractivity (Wildman–Crippen MR) is 72.5 cm³/mol. The van der Waals surface area contributed by atoms with Gasteiger partial charge in [-0.15, -0.1) is 5.10 Å². The second kappa shape index (κ2) is 5.51. The lowest BCUT2D eigenvalue weighted by Gasteiger charge is -2.07. The predicted octanol–water partition coefficient (Wildman–Crippen LogP) is 1.44. The maximum Gasteiger partial charge on any atom is 0.288 e. The molecule has 1 aromatic carbocycles. The van der Waals surface area contributed by atoms with E-state index in [0.29, 0.717) is 12.5 Å². The van der Waals surface area contributed by atoms with Gasteiger partial charge in [-0.05, 0) is 17.0 Å². The van der Waals surface area contributed by atoms with Crippen molar-refractivity contribution in [2.75, 3.05) is 5.73 Å². The minimum absolute atomic E-state index is 0.0615. The molecule has 4 N–H and O–H groups in total. The molecule has 100 valence electrons. The van der Waals surface area contributed by atoms with Crippen molar-refractivity contribution in [2.45, 2.75) is 26.3 Å². The number of rotatable bonds is 4. The number of nitrogens with zero attached hydrogens (tertiary/aromatic N) is 2. The smallest absolute Gasteiger partial charge is 0.288 e. The summed E-state index contributed by atoms with van der Waals surface area (Å²) in [6.45, 7) is 4.73. The molecule has 0 spiro atoms. The Kier molecular flexibility index (Phi) is 3.79. The highest BCUT2D eigenvalue weighted by Gasteiger charge is 2.09. The zero-order chi connectivity index (χ0) is 13.8. The molecule has 0 aliphatic carbocycles. The first-order chi connectivity index (χ1) is 9.06. The molecule has 0 radical (unpaired) electrons. The van der Waals surface area contributed by atoms with Crippen molar-refractivity contribution >= 4 is 11.9 Å². The first kappa shape index (κ1) is 13.1. The number of aromatic nitrogens is 3. The van der Waals surface area contributed by atoms with Gasteiger partial charge in [0, 0.05) is 6.54 Å². The third-order valence-corrected chi connectivity index (χ3v) is 2.82. The van der Waals surface area contributed by atoms with Crippen LogP contribution >= 0.6 is 0 Å². The quantitative estimate of drug-likeness (QED) is 0.774. The molecule has 2 rings (SSSR count). The molecule has 0 saturated carbocycles. The molecule has 0 unspecified atom stereocenters. The van der Waals surface area contributed by atoms with Crippen molar-refractivity contribution in [3.05, 3.63) is 41.2 Å². The van der Waals surface area contributed by atoms with E-state index in [9.17, 15) is 4.79 Å². The highest BCUT2D eigenvalue weighted by molar-refractivity contribution is 5.90. The minimum Gasteiger partial charge on any atom is -0.366 e. The van der Waals surface area contributed by atoms with Crippen molar-refractivity contribution in [1.29, 1.82) is 0 Å². The number of anilines is 1. The Morgan fingerprint density at radius 3 is 2.58 bits per heavy atom. The molecule has 6 nitrogen and oxygen atoms in total. The summed E-state index contributed by atoms with van der Waals surface area (Å²) >= 11 is 0. The second-order valence-electron chi connectivity index (χ2n) is 4.62. The van der Waals surface area contributed by atoms with Crippen LogP contribution in [0.3, 0.4) is 0 Å². The van der Waals surface area contributed by atoms with Gasteiger partial charge in [0.25, 0.3) is 5.91 Å². The zero-order valence-corrected chi connectivity index (χ0v) is 11.0. The number of benzene rings is 1. The fraction of sp³-hybridized carbons (Fsp3) is 0.308. The summed E-state index contributed by atoms with van der Waals surface area (Å²) in [5.41, 5.74) is 7.64. The molecule has 6 heteroatoms. The monoisotopic (exact) mass is 259 g/mol. The van der Waals surface area contributed by atoms with E-state index in [1.54, 1.807) is 0 Å². The molecule has 0 bridgehead atoms. The average Bonchev–Trinajstić information content (AvgIpc) is 2.83. The summed E-state index contributed by atoms with van der Waals surface area (Å²) in [4.78, 5) is 15.5. The lowest BCUT2D eigenvalue weighted by Crippen LogP contribution is -2.24. The van der Waals surface area contributed by atoms with Gasteiger partial charge in [0.1, 0.15) is 0 Å². The number of nitrogens with one attached hydrogen (secondary N) is 2. The molecule has 0 atom stereocenters. The molecule has 2 aromatic rings. The number of carbonyl (C=O) groups is 1. The van der Waals surface area contributed by atoms with Crippen LogP contribution in [0.15, 0.2) is 24.3 Å². The van der Waals surface area contributed by atoms with E-state index < -0.39 is 0 Å². The van der Waals surface area contributed by atoms with Crippen molar-refractivity contribution in [3.63, 3.8) is 0 Å². The van der Waals surface area contributed by atoms with E-state index in [-0.39, 0.29) is 17.7 Å². The number of hydrogen-bond donors (Lipinski definition) is 3. The molecule has 0 aliphatic rings. The standard InChI is InChI=1S/C13H17N5O/c1-8(2)10-5-3-9(4-6-10)7-15-12(19)11-16-13(14)18-17-11/h3-6,8H,7H2,1-2H3,(H,15,19)(H3,14,16,17,18). The van der Waals surface area contributed by atoms with E-state index >= 15 is 0 Å². The van der Waals surface area contributed by atoms with Crippen LogP contribution in [0.5, 0.6) is 0 Å². The number of nitrogen functional groups attached to an aromatic ring is 1. The van der Waals surface area contributed by atoms with Crippen LogP contribution < -0.4 is 11.1 Å². The largest absolute Gasteiger partial charge is 0.366 e. The summed E-state index contributed by atoms with van der Waals surface area (Å²) in [5, 5.41) is 8.82. The molecular formula is C13H17N5O. The third-order valence-electron chi connectivity index (χ3n) is 2.82. The Bertz CT molecular complexity index is 559. The Morgan fingerprint density at radius 2 is 2.05 bits per heavy atom. The normalized spacial score (nSPS) is 10.7. The van der Waals surface area contributed by atoms with Crippen molar-refractivity contribution in [3.8, 4) is 0 Å². The van der Waals surface area contributed by atoms with Gasteiger partial charge in [0.2, 0.25) is 11.8 Å². The molecule has 1 amide bonds. The molecular weight excluding hydrogens is 242 g/mol. The van der Waals surface area contributed by atoms with Crippen molar-refractivity contribution < 1.29 is 4.79 Å². The minimum atomic E-state index is -0.322. The number of H-pyrrole nitrogens is 1. The number of carbonyl (C=O) groups excluding carboxylic acids is 1. The van der Waals surface area contributed by atoms with Crippen molar-refractivity contribution in [2.24, 2.45) is 0 Å². The number of hydrogen-bond acceptors (Lipinski definition) is 4. The fourth-order valence-corrected chi connectivity index (χ4v) is 1.66. The Balaban J connectivity index is 1.93. The van der Waals surface area contributed by atoms with Crippen LogP contribution in [0.1, 0.15) is 41.5 Å². The van der Waals surface area contributed by atoms with Gasteiger partial charge in [-0.1, -0.05) is 38.1 Å². The van der Waals surface area contributed by atoms with Gasteiger partial charge in [-0.25, -0.2) is 0 Å². The number of nitrogens with two attached hydrogens (primary N) is 1. The topological polar surface area (TPSA) is 96.7 Å². The summed E-state index contributed by atoms with van der Waals surface area (Å²) < 4.78 is 0. The van der Waals surface area contributed by atoms with Crippen LogP contribution in [-0.2, 0) is 6.54 Å². The SMILES string of the molecule is CC(C)c1ccc(CNC(=O)c2nc(N)n[nH]2)cc1. The van der Waals surface area contributed by atoms with E-state index in [1.165, 1.54) is 5.56 Å². The van der Waals surface area contributed by atoms with Crippen LogP contribution in [-0.4, -0.2) is 21.1 Å². The lowest BCUT2D eigenvalue weighted by atomic mass is 10.0. The molecule has 1 aromatic heterocycles. The lowest BCUT2D eigenvalue weighted by molar-refractivity contribution is 0.0941. The summed E-state index contributed by atoms with van der Waals surface area (Å²) in [6.07, 6.45) is 0. The average molecular weight is 259 g/mol. The number of amides is 1. The molecule has 19 heavy (non-hydrogen) atoms. The van der Waals surface area contributed by atoms with Gasteiger partial charge < -0.3 is 11.1 Å². The molecule has 0 aliphatic heterocycles. The molecule has 1 heterocycles. The summed E-state index contributed by atoms with van der Waals surface area (Å²) in [6, 6.07) is 8.14. The van der Waals surface area contributed by atoms with Crippen LogP contribution in [0.4, 0.5) is 5.95 Å². The van der Waals surface area contributed by atoms with Crippen molar-refractivity contribution in [1.82, 2.24) is 20.5 Å². The van der Waals surface area contributed by atoms with E-state index in [0.717, 1.165) is 5.56 Å². The maximum absolute atomic E-state index is 11.7. The molecule has 0 saturated heterocycles. The van der Waals surface area contributed by atoms with E-state index in [1.807, 2.05) is 12.1 Å². The van der Waals surface area contributed by atoms with Gasteiger partial charge in [-0.2, -0.15) is 4.98 Å². The van der Waals surface area contributed by atoms with Gasteiger partial charge >= 0.3 is 0 Å². The summed E-state index contributed by atoms with van der Waals surface area (Å²) in [5.74, 6) is 0.362. The Morgan fingerprint density at radius 1 is 1.37 bits per heavy atom. The van der Waals surface area contributed by atoms with Gasteiger partial charge in [0.15, 0.2) is 0 Å². The highest BCUT2D eigenvalue weighted by atomic mass is 16.2. The summed E-state index contributed by atoms with van der Waals surface area (Å²) in [7, 11) is 0. The highest BCUT2D eigenvalue weighted by Crippen LogP contribution is 2.14. The van der Waals surface area contributed by atoms with Gasteiger partial charge in [0.05, 0.1) is 0 Å². The third kappa shape index (κ3) is 3.31. The van der Waals surface area contributed by atoms with E-state index in [4.69, 9.17) is 5.73 Å². The Hall–Kier alpha value is -2.37. The van der Waals surface area contributed by atoms with Crippen LogP contribution in [0.25, 0.3) is 0 Å². The fourth-order valence-electron chi connectivity index (χ4n) is 1.66. The maximum atomic E-state index is 11.7. The second-order valence-corrected chi connectivity index (χ2v) is 4.62. The Labute approximate surface area is 111 Å². The number of aromatic amines is 1.